The summed E-state index contributed by atoms with van der Waals surface area (Å²) in [6.45, 7) is -0.0638. The molecule has 3 N–H and O–H groups in total. The molecular weight excluding hydrogens is 274 g/mol. The van der Waals surface area contributed by atoms with Crippen LogP contribution in [-0.2, 0) is 4.79 Å². The minimum Gasteiger partial charge on any atom is -0.373 e. The summed E-state index contributed by atoms with van der Waals surface area (Å²) in [7, 11) is 1.69. The number of nitrogens with two attached hydrogens (primary N) is 1. The summed E-state index contributed by atoms with van der Waals surface area (Å²) in [6.07, 6.45) is 3.85. The van der Waals surface area contributed by atoms with Gasteiger partial charge in [0.25, 0.3) is 0 Å². The van der Waals surface area contributed by atoms with Crippen LogP contribution in [0.25, 0.3) is 0 Å². The SMILES string of the molecule is CNc1ccc([N+](=O)[O-])c(N(CC(N)=O)C2CCCC2)n1. The van der Waals surface area contributed by atoms with E-state index in [0.717, 1.165) is 25.7 Å². The summed E-state index contributed by atoms with van der Waals surface area (Å²) in [6, 6.07) is 3.01. The molecule has 21 heavy (non-hydrogen) atoms. The Morgan fingerprint density at radius 1 is 1.52 bits per heavy atom. The normalized spacial score (nSPS) is 14.9. The largest absolute Gasteiger partial charge is 0.373 e. The smallest absolute Gasteiger partial charge is 0.311 e. The Bertz CT molecular complexity index is 543. The lowest BCUT2D eigenvalue weighted by Crippen LogP contribution is -2.41. The van der Waals surface area contributed by atoms with Gasteiger partial charge in [-0.15, -0.1) is 0 Å². The van der Waals surface area contributed by atoms with Gasteiger partial charge < -0.3 is 16.0 Å². The van der Waals surface area contributed by atoms with Crippen LogP contribution >= 0.6 is 0 Å². The molecule has 0 atom stereocenters. The Morgan fingerprint density at radius 3 is 2.71 bits per heavy atom. The van der Waals surface area contributed by atoms with Gasteiger partial charge in [0, 0.05) is 19.2 Å². The Balaban J connectivity index is 2.45. The second-order valence-electron chi connectivity index (χ2n) is 5.08. The minimum absolute atomic E-state index is 0.0638. The van der Waals surface area contributed by atoms with Gasteiger partial charge in [0.15, 0.2) is 0 Å². The van der Waals surface area contributed by atoms with Crippen LogP contribution in [0.3, 0.4) is 0 Å². The molecule has 0 saturated heterocycles. The first-order valence-electron chi connectivity index (χ1n) is 6.91. The van der Waals surface area contributed by atoms with Crippen LogP contribution in [0.4, 0.5) is 17.3 Å². The van der Waals surface area contributed by atoms with Gasteiger partial charge in [0.2, 0.25) is 11.7 Å². The summed E-state index contributed by atoms with van der Waals surface area (Å²) >= 11 is 0. The van der Waals surface area contributed by atoms with Gasteiger partial charge in [-0.3, -0.25) is 14.9 Å². The maximum atomic E-state index is 11.3. The standard InChI is InChI=1S/C13H19N5O3/c1-15-12-7-6-10(18(20)21)13(16-12)17(8-11(14)19)9-4-2-3-5-9/h6-7,9H,2-5,8H2,1H3,(H2,14,19)(H,15,16). The highest BCUT2D eigenvalue weighted by atomic mass is 16.6. The predicted molar refractivity (Wildman–Crippen MR) is 79.2 cm³/mol. The number of hydrogen-bond donors (Lipinski definition) is 2. The van der Waals surface area contributed by atoms with Crippen molar-refractivity contribution in [3.63, 3.8) is 0 Å². The number of rotatable bonds is 6. The number of nitro groups is 1. The molecule has 2 rings (SSSR count). The van der Waals surface area contributed by atoms with Gasteiger partial charge in [0.1, 0.15) is 5.82 Å². The molecule has 8 heteroatoms. The maximum absolute atomic E-state index is 11.3. The van der Waals surface area contributed by atoms with E-state index < -0.39 is 10.8 Å². The third kappa shape index (κ3) is 3.39. The number of hydrogen-bond acceptors (Lipinski definition) is 6. The van der Waals surface area contributed by atoms with Crippen LogP contribution in [0.15, 0.2) is 12.1 Å². The van der Waals surface area contributed by atoms with Gasteiger partial charge in [0.05, 0.1) is 11.5 Å². The van der Waals surface area contributed by atoms with Gasteiger partial charge in [-0.1, -0.05) is 12.8 Å². The molecule has 1 aliphatic carbocycles. The second-order valence-corrected chi connectivity index (χ2v) is 5.08. The van der Waals surface area contributed by atoms with Crippen molar-refractivity contribution in [3.05, 3.63) is 22.2 Å². The molecule has 0 bridgehead atoms. The quantitative estimate of drug-likeness (QED) is 0.603. The van der Waals surface area contributed by atoms with Crippen LogP contribution in [0, 0.1) is 10.1 Å². The molecule has 1 aromatic rings. The van der Waals surface area contributed by atoms with Crippen molar-refractivity contribution >= 4 is 23.2 Å². The number of nitrogens with one attached hydrogen (secondary N) is 1. The lowest BCUT2D eigenvalue weighted by molar-refractivity contribution is -0.384. The number of amides is 1. The van der Waals surface area contributed by atoms with Crippen LogP contribution in [0.5, 0.6) is 0 Å². The predicted octanol–water partition coefficient (Wildman–Crippen LogP) is 1.27. The van der Waals surface area contributed by atoms with E-state index in [1.165, 1.54) is 6.07 Å². The van der Waals surface area contributed by atoms with Crippen molar-refractivity contribution in [1.29, 1.82) is 0 Å². The van der Waals surface area contributed by atoms with Crippen LogP contribution in [-0.4, -0.2) is 35.4 Å². The third-order valence-corrected chi connectivity index (χ3v) is 3.67. The molecule has 0 aliphatic heterocycles. The lowest BCUT2D eigenvalue weighted by Gasteiger charge is -2.28. The fourth-order valence-corrected chi connectivity index (χ4v) is 2.69. The number of anilines is 2. The van der Waals surface area contributed by atoms with Crippen LogP contribution < -0.4 is 16.0 Å². The number of aromatic nitrogens is 1. The highest BCUT2D eigenvalue weighted by Gasteiger charge is 2.30. The number of pyridine rings is 1. The van der Waals surface area contributed by atoms with Gasteiger partial charge in [-0.05, 0) is 18.9 Å². The highest BCUT2D eigenvalue weighted by molar-refractivity contribution is 5.80. The van der Waals surface area contributed by atoms with Crippen molar-refractivity contribution in [2.24, 2.45) is 5.73 Å². The van der Waals surface area contributed by atoms with Crippen LogP contribution in [0.1, 0.15) is 25.7 Å². The molecule has 1 aliphatic rings. The topological polar surface area (TPSA) is 114 Å². The van der Waals surface area contributed by atoms with E-state index in [9.17, 15) is 14.9 Å². The first-order chi connectivity index (χ1) is 10.0. The Labute approximate surface area is 122 Å². The summed E-state index contributed by atoms with van der Waals surface area (Å²) in [5, 5.41) is 14.1. The summed E-state index contributed by atoms with van der Waals surface area (Å²) in [4.78, 5) is 28.0. The first-order valence-corrected chi connectivity index (χ1v) is 6.91. The average Bonchev–Trinajstić information content (AvgIpc) is 2.97. The minimum atomic E-state index is -0.521. The molecule has 8 nitrogen and oxygen atoms in total. The van der Waals surface area contributed by atoms with E-state index in [-0.39, 0.29) is 24.1 Å². The molecule has 0 radical (unpaired) electrons. The molecule has 1 fully saturated rings. The highest BCUT2D eigenvalue weighted by Crippen LogP contribution is 2.33. The Hall–Kier alpha value is -2.38. The first kappa shape index (κ1) is 15.0. The molecule has 1 amide bonds. The summed E-state index contributed by atoms with van der Waals surface area (Å²) < 4.78 is 0. The van der Waals surface area contributed by atoms with Crippen molar-refractivity contribution in [2.45, 2.75) is 31.7 Å². The van der Waals surface area contributed by atoms with E-state index >= 15 is 0 Å². The van der Waals surface area contributed by atoms with Crippen LogP contribution in [0.2, 0.25) is 0 Å². The lowest BCUT2D eigenvalue weighted by atomic mass is 10.2. The zero-order valence-electron chi connectivity index (χ0n) is 11.9. The van der Waals surface area contributed by atoms with E-state index in [0.29, 0.717) is 5.82 Å². The third-order valence-electron chi connectivity index (χ3n) is 3.67. The van der Waals surface area contributed by atoms with E-state index in [1.807, 2.05) is 0 Å². The Kier molecular flexibility index (Phi) is 4.56. The fourth-order valence-electron chi connectivity index (χ4n) is 2.69. The second kappa shape index (κ2) is 6.38. The van der Waals surface area contributed by atoms with Crippen molar-refractivity contribution < 1.29 is 9.72 Å². The molecule has 0 aromatic carbocycles. The molecule has 1 aromatic heterocycles. The number of primary amides is 1. The molecule has 114 valence electrons. The van der Waals surface area contributed by atoms with E-state index in [2.05, 4.69) is 10.3 Å². The summed E-state index contributed by atoms with van der Waals surface area (Å²) in [5.41, 5.74) is 5.19. The van der Waals surface area contributed by atoms with Gasteiger partial charge >= 0.3 is 5.69 Å². The van der Waals surface area contributed by atoms with E-state index in [4.69, 9.17) is 5.73 Å². The molecule has 1 saturated carbocycles. The monoisotopic (exact) mass is 293 g/mol. The summed E-state index contributed by atoms with van der Waals surface area (Å²) in [5.74, 6) is 0.202. The zero-order valence-corrected chi connectivity index (χ0v) is 11.9. The Morgan fingerprint density at radius 2 is 2.19 bits per heavy atom. The number of carbonyl (C=O) groups is 1. The zero-order chi connectivity index (χ0) is 15.4. The molecule has 0 spiro atoms. The van der Waals surface area contributed by atoms with Gasteiger partial charge in [-0.25, -0.2) is 4.98 Å². The van der Waals surface area contributed by atoms with E-state index in [1.54, 1.807) is 18.0 Å². The van der Waals surface area contributed by atoms with Crippen molar-refractivity contribution in [1.82, 2.24) is 4.98 Å². The fraction of sp³-hybridized carbons (Fsp3) is 0.538. The van der Waals surface area contributed by atoms with Crippen molar-refractivity contribution in [2.75, 3.05) is 23.8 Å². The van der Waals surface area contributed by atoms with Gasteiger partial charge in [-0.2, -0.15) is 0 Å². The molecular formula is C13H19N5O3. The average molecular weight is 293 g/mol. The number of carbonyl (C=O) groups excluding carboxylic acids is 1. The van der Waals surface area contributed by atoms with Crippen molar-refractivity contribution in [3.8, 4) is 0 Å². The number of nitrogens with zero attached hydrogens (tertiary/aromatic N) is 3. The maximum Gasteiger partial charge on any atom is 0.311 e. The molecule has 0 unspecified atom stereocenters. The molecule has 1 heterocycles.